The maximum absolute atomic E-state index is 13.2. The molecule has 1 unspecified atom stereocenters. The highest BCUT2D eigenvalue weighted by Crippen LogP contribution is 2.42. The van der Waals surface area contributed by atoms with Crippen molar-refractivity contribution in [2.24, 2.45) is 5.92 Å². The zero-order chi connectivity index (χ0) is 17.4. The zero-order valence-corrected chi connectivity index (χ0v) is 14.9. The highest BCUT2D eigenvalue weighted by molar-refractivity contribution is 5.76. The minimum absolute atomic E-state index is 0.0300. The van der Waals surface area contributed by atoms with Gasteiger partial charge in [0.2, 0.25) is 5.91 Å². The molecule has 3 rings (SSSR count). The molecule has 1 atom stereocenters. The molecule has 0 saturated carbocycles. The Morgan fingerprint density at radius 1 is 1.12 bits per heavy atom. The third kappa shape index (κ3) is 4.26. The van der Waals surface area contributed by atoms with Crippen LogP contribution in [0.4, 0.5) is 8.78 Å². The molecule has 0 aromatic heterocycles. The van der Waals surface area contributed by atoms with Gasteiger partial charge in [0.05, 0.1) is 11.7 Å². The molecule has 1 amide bonds. The molecule has 24 heavy (non-hydrogen) atoms. The van der Waals surface area contributed by atoms with E-state index in [1.807, 2.05) is 4.90 Å². The van der Waals surface area contributed by atoms with Crippen LogP contribution in [0.5, 0.6) is 0 Å². The first kappa shape index (κ1) is 18.1. The number of nitrogens with zero attached hydrogens (tertiary/aromatic N) is 2. The lowest BCUT2D eigenvalue weighted by molar-refractivity contribution is -0.231. The van der Waals surface area contributed by atoms with Gasteiger partial charge in [-0.25, -0.2) is 8.78 Å². The molecule has 3 heterocycles. The summed E-state index contributed by atoms with van der Waals surface area (Å²) in [4.78, 5) is 16.2. The maximum atomic E-state index is 13.2. The van der Waals surface area contributed by atoms with Crippen molar-refractivity contribution in [2.75, 3.05) is 32.7 Å². The molecule has 0 aromatic rings. The van der Waals surface area contributed by atoms with Gasteiger partial charge in [0.25, 0.3) is 5.92 Å². The summed E-state index contributed by atoms with van der Waals surface area (Å²) in [5, 5.41) is 0. The summed E-state index contributed by atoms with van der Waals surface area (Å²) in [5.74, 6) is -1.83. The monoisotopic (exact) mass is 344 g/mol. The molecule has 3 aliphatic rings. The van der Waals surface area contributed by atoms with Crippen LogP contribution in [0.2, 0.25) is 0 Å². The lowest BCUT2D eigenvalue weighted by Gasteiger charge is -2.53. The maximum Gasteiger partial charge on any atom is 0.250 e. The van der Waals surface area contributed by atoms with E-state index in [1.165, 1.54) is 0 Å². The van der Waals surface area contributed by atoms with E-state index in [0.29, 0.717) is 25.4 Å². The van der Waals surface area contributed by atoms with Gasteiger partial charge < -0.3 is 14.5 Å². The van der Waals surface area contributed by atoms with Crippen molar-refractivity contribution in [3.05, 3.63) is 0 Å². The Morgan fingerprint density at radius 2 is 1.71 bits per heavy atom. The molecule has 3 aliphatic heterocycles. The first-order valence-electron chi connectivity index (χ1n) is 9.33. The Bertz CT molecular complexity index is 444. The van der Waals surface area contributed by atoms with E-state index >= 15 is 0 Å². The van der Waals surface area contributed by atoms with Crippen LogP contribution in [0.25, 0.3) is 0 Å². The van der Waals surface area contributed by atoms with Crippen molar-refractivity contribution in [3.63, 3.8) is 0 Å². The van der Waals surface area contributed by atoms with Gasteiger partial charge in [-0.2, -0.15) is 0 Å². The van der Waals surface area contributed by atoms with Crippen LogP contribution >= 0.6 is 0 Å². The van der Waals surface area contributed by atoms with Crippen LogP contribution in [-0.4, -0.2) is 66.1 Å². The number of hydrogen-bond donors (Lipinski definition) is 0. The normalized spacial score (nSPS) is 29.7. The van der Waals surface area contributed by atoms with E-state index in [4.69, 9.17) is 4.74 Å². The number of carbonyl (C=O) groups excluding carboxylic acids is 1. The van der Waals surface area contributed by atoms with Crippen molar-refractivity contribution < 1.29 is 18.3 Å². The van der Waals surface area contributed by atoms with Crippen molar-refractivity contribution in [1.29, 1.82) is 0 Å². The highest BCUT2D eigenvalue weighted by Gasteiger charge is 2.48. The molecule has 0 aromatic carbocycles. The Morgan fingerprint density at radius 3 is 2.25 bits per heavy atom. The number of halogens is 2. The van der Waals surface area contributed by atoms with Crippen LogP contribution in [-0.2, 0) is 9.53 Å². The second kappa shape index (κ2) is 6.87. The van der Waals surface area contributed by atoms with Crippen LogP contribution in [0.15, 0.2) is 0 Å². The van der Waals surface area contributed by atoms with E-state index in [1.54, 1.807) is 0 Å². The van der Waals surface area contributed by atoms with Crippen molar-refractivity contribution in [1.82, 2.24) is 9.80 Å². The predicted octanol–water partition coefficient (Wildman–Crippen LogP) is 2.91. The van der Waals surface area contributed by atoms with Crippen molar-refractivity contribution in [2.45, 2.75) is 70.0 Å². The summed E-state index contributed by atoms with van der Waals surface area (Å²) in [6.07, 6.45) is 3.56. The summed E-state index contributed by atoms with van der Waals surface area (Å²) in [7, 11) is 0. The zero-order valence-electron chi connectivity index (χ0n) is 14.9. The SMILES string of the molecule is CC(C)CC(=O)N1CCC2(CC1)CC(CN1CCC(F)(F)CC1)O2. The van der Waals surface area contributed by atoms with E-state index in [-0.39, 0.29) is 30.5 Å². The molecule has 1 spiro atoms. The van der Waals surface area contributed by atoms with Crippen LogP contribution in [0.3, 0.4) is 0 Å². The first-order valence-corrected chi connectivity index (χ1v) is 9.33. The quantitative estimate of drug-likeness (QED) is 0.786. The number of carbonyl (C=O) groups is 1. The fraction of sp³-hybridized carbons (Fsp3) is 0.944. The number of rotatable bonds is 4. The lowest BCUT2D eigenvalue weighted by Crippen LogP contribution is -2.60. The molecule has 0 aliphatic carbocycles. The minimum atomic E-state index is -2.48. The Labute approximate surface area is 143 Å². The fourth-order valence-electron chi connectivity index (χ4n) is 4.18. The topological polar surface area (TPSA) is 32.8 Å². The molecule has 138 valence electrons. The standard InChI is InChI=1S/C18H30F2N2O2/c1-14(2)11-16(23)22-9-3-17(4-10-22)12-15(24-17)13-21-7-5-18(19,20)6-8-21/h14-15H,3-13H2,1-2H3. The minimum Gasteiger partial charge on any atom is -0.370 e. The summed E-state index contributed by atoms with van der Waals surface area (Å²) >= 11 is 0. The van der Waals surface area contributed by atoms with E-state index in [9.17, 15) is 13.6 Å². The average Bonchev–Trinajstić information content (AvgIpc) is 2.47. The van der Waals surface area contributed by atoms with E-state index in [2.05, 4.69) is 18.7 Å². The molecule has 3 saturated heterocycles. The molecular weight excluding hydrogens is 314 g/mol. The predicted molar refractivity (Wildman–Crippen MR) is 88.1 cm³/mol. The van der Waals surface area contributed by atoms with Gasteiger partial charge in [0.1, 0.15) is 0 Å². The molecule has 6 heteroatoms. The van der Waals surface area contributed by atoms with Crippen molar-refractivity contribution >= 4 is 5.91 Å². The number of amides is 1. The summed E-state index contributed by atoms with van der Waals surface area (Å²) < 4.78 is 32.5. The summed E-state index contributed by atoms with van der Waals surface area (Å²) in [6, 6.07) is 0. The summed E-state index contributed by atoms with van der Waals surface area (Å²) in [5.41, 5.74) is -0.0565. The Hall–Kier alpha value is -0.750. The van der Waals surface area contributed by atoms with Crippen LogP contribution in [0, 0.1) is 5.92 Å². The van der Waals surface area contributed by atoms with Gasteiger partial charge in [-0.1, -0.05) is 13.8 Å². The molecule has 0 N–H and O–H groups in total. The average molecular weight is 344 g/mol. The van der Waals surface area contributed by atoms with E-state index < -0.39 is 5.92 Å². The van der Waals surface area contributed by atoms with Gasteiger partial charge in [0.15, 0.2) is 0 Å². The number of likely N-dealkylation sites (tertiary alicyclic amines) is 2. The van der Waals surface area contributed by atoms with Gasteiger partial charge in [-0.05, 0) is 18.8 Å². The lowest BCUT2D eigenvalue weighted by atomic mass is 9.80. The molecule has 4 nitrogen and oxygen atoms in total. The molecular formula is C18H30F2N2O2. The molecule has 0 radical (unpaired) electrons. The summed E-state index contributed by atoms with van der Waals surface area (Å²) in [6.45, 7) is 7.42. The number of alkyl halides is 2. The van der Waals surface area contributed by atoms with Gasteiger partial charge in [-0.15, -0.1) is 0 Å². The van der Waals surface area contributed by atoms with E-state index in [0.717, 1.165) is 38.9 Å². The van der Waals surface area contributed by atoms with Crippen LogP contribution < -0.4 is 0 Å². The second-order valence-electron chi connectivity index (χ2n) is 8.26. The number of ether oxygens (including phenoxy) is 1. The van der Waals surface area contributed by atoms with Gasteiger partial charge in [0, 0.05) is 58.4 Å². The third-order valence-electron chi connectivity index (χ3n) is 5.68. The third-order valence-corrected chi connectivity index (χ3v) is 5.68. The Balaban J connectivity index is 1.37. The smallest absolute Gasteiger partial charge is 0.250 e. The molecule has 0 bridgehead atoms. The van der Waals surface area contributed by atoms with Crippen LogP contribution in [0.1, 0.15) is 52.4 Å². The second-order valence-corrected chi connectivity index (χ2v) is 8.26. The number of hydrogen-bond acceptors (Lipinski definition) is 3. The Kier molecular flexibility index (Phi) is 5.17. The highest BCUT2D eigenvalue weighted by atomic mass is 19.3. The van der Waals surface area contributed by atoms with Gasteiger partial charge in [-0.3, -0.25) is 4.79 Å². The first-order chi connectivity index (χ1) is 11.3. The largest absolute Gasteiger partial charge is 0.370 e. The number of piperidine rings is 2. The fourth-order valence-corrected chi connectivity index (χ4v) is 4.18. The van der Waals surface area contributed by atoms with Crippen molar-refractivity contribution in [3.8, 4) is 0 Å². The van der Waals surface area contributed by atoms with Gasteiger partial charge >= 0.3 is 0 Å². The molecule has 3 fully saturated rings.